The number of carbonyl (C=O) groups excluding carboxylic acids is 1. The van der Waals surface area contributed by atoms with Crippen LogP contribution in [0.15, 0.2) is 52.1 Å². The molecule has 0 radical (unpaired) electrons. The number of carbonyl (C=O) groups is 1. The van der Waals surface area contributed by atoms with E-state index in [9.17, 15) is 13.2 Å². The van der Waals surface area contributed by atoms with Crippen LogP contribution in [-0.4, -0.2) is 48.9 Å². The van der Waals surface area contributed by atoms with E-state index < -0.39 is 10.0 Å². The van der Waals surface area contributed by atoms with E-state index in [1.165, 1.54) is 39.9 Å². The van der Waals surface area contributed by atoms with Gasteiger partial charge in [-0.15, -0.1) is 22.7 Å². The highest BCUT2D eigenvalue weighted by molar-refractivity contribution is 7.89. The molecule has 1 aromatic carbocycles. The molecule has 30 heavy (non-hydrogen) atoms. The summed E-state index contributed by atoms with van der Waals surface area (Å²) in [7, 11) is -3.64. The van der Waals surface area contributed by atoms with Crippen molar-refractivity contribution in [2.75, 3.05) is 18.4 Å². The number of morpholine rings is 1. The second-order valence-electron chi connectivity index (χ2n) is 7.07. The van der Waals surface area contributed by atoms with Crippen LogP contribution in [0.3, 0.4) is 0 Å². The van der Waals surface area contributed by atoms with Gasteiger partial charge in [0.25, 0.3) is 5.91 Å². The lowest BCUT2D eigenvalue weighted by Crippen LogP contribution is -2.48. The number of hydrogen-bond acceptors (Lipinski definition) is 7. The van der Waals surface area contributed by atoms with E-state index in [0.29, 0.717) is 23.8 Å². The molecule has 158 valence electrons. The van der Waals surface area contributed by atoms with Gasteiger partial charge in [-0.2, -0.15) is 4.31 Å². The summed E-state index contributed by atoms with van der Waals surface area (Å²) in [6.07, 6.45) is -0.322. The quantitative estimate of drug-likeness (QED) is 0.620. The van der Waals surface area contributed by atoms with Gasteiger partial charge in [0.15, 0.2) is 5.13 Å². The summed E-state index contributed by atoms with van der Waals surface area (Å²) in [6, 6.07) is 9.89. The molecule has 0 aliphatic carbocycles. The molecule has 4 rings (SSSR count). The first-order chi connectivity index (χ1) is 14.3. The number of anilines is 1. The maximum atomic E-state index is 12.9. The average molecular weight is 464 g/mol. The van der Waals surface area contributed by atoms with E-state index in [2.05, 4.69) is 10.3 Å². The highest BCUT2D eigenvalue weighted by Gasteiger charge is 2.32. The Kier molecular flexibility index (Phi) is 6.03. The molecular weight excluding hydrogens is 442 g/mol. The number of amides is 1. The summed E-state index contributed by atoms with van der Waals surface area (Å²) in [6.45, 7) is 4.33. The Morgan fingerprint density at radius 1 is 1.13 bits per heavy atom. The van der Waals surface area contributed by atoms with E-state index in [4.69, 9.17) is 4.74 Å². The fourth-order valence-corrected chi connectivity index (χ4v) is 6.35. The van der Waals surface area contributed by atoms with Gasteiger partial charge < -0.3 is 4.74 Å². The first kappa shape index (κ1) is 21.1. The molecule has 3 aromatic rings. The molecule has 2 aromatic heterocycles. The number of nitrogens with one attached hydrogen (secondary N) is 1. The lowest BCUT2D eigenvalue weighted by Gasteiger charge is -2.34. The zero-order chi connectivity index (χ0) is 21.3. The van der Waals surface area contributed by atoms with Crippen molar-refractivity contribution < 1.29 is 17.9 Å². The summed E-state index contributed by atoms with van der Waals surface area (Å²) in [4.78, 5) is 18.2. The van der Waals surface area contributed by atoms with Gasteiger partial charge in [-0.05, 0) is 49.6 Å². The lowest BCUT2D eigenvalue weighted by molar-refractivity contribution is -0.0440. The van der Waals surface area contributed by atoms with E-state index in [1.807, 2.05) is 36.7 Å². The predicted octanol–water partition coefficient (Wildman–Crippen LogP) is 3.92. The topological polar surface area (TPSA) is 88.6 Å². The Morgan fingerprint density at radius 2 is 1.83 bits per heavy atom. The van der Waals surface area contributed by atoms with Gasteiger partial charge in [-0.1, -0.05) is 6.07 Å². The Bertz CT molecular complexity index is 1110. The molecule has 3 heterocycles. The van der Waals surface area contributed by atoms with Crippen LogP contribution in [0, 0.1) is 0 Å². The van der Waals surface area contributed by atoms with Gasteiger partial charge in [0.05, 0.1) is 27.7 Å². The van der Waals surface area contributed by atoms with Gasteiger partial charge in [0, 0.05) is 24.0 Å². The van der Waals surface area contributed by atoms with Gasteiger partial charge in [0.1, 0.15) is 0 Å². The number of hydrogen-bond donors (Lipinski definition) is 1. The zero-order valence-electron chi connectivity index (χ0n) is 16.4. The van der Waals surface area contributed by atoms with E-state index in [-0.39, 0.29) is 23.0 Å². The number of nitrogens with zero attached hydrogens (tertiary/aromatic N) is 2. The summed E-state index contributed by atoms with van der Waals surface area (Å²) < 4.78 is 32.9. The van der Waals surface area contributed by atoms with E-state index in [1.54, 1.807) is 11.3 Å². The molecule has 10 heteroatoms. The molecule has 1 N–H and O–H groups in total. The smallest absolute Gasteiger partial charge is 0.257 e. The minimum absolute atomic E-state index is 0.161. The predicted molar refractivity (Wildman–Crippen MR) is 119 cm³/mol. The van der Waals surface area contributed by atoms with Crippen molar-refractivity contribution >= 4 is 43.7 Å². The van der Waals surface area contributed by atoms with E-state index >= 15 is 0 Å². The largest absolute Gasteiger partial charge is 0.373 e. The lowest BCUT2D eigenvalue weighted by atomic mass is 10.2. The van der Waals surface area contributed by atoms with Crippen molar-refractivity contribution in [2.45, 2.75) is 31.0 Å². The molecule has 1 aliphatic rings. The number of aromatic nitrogens is 1. The monoisotopic (exact) mass is 463 g/mol. The van der Waals surface area contributed by atoms with Crippen LogP contribution < -0.4 is 5.32 Å². The SMILES string of the molecule is CC1CN(S(=O)(=O)c2ccc(C(=O)Nc3nc(-c4cccs4)cs3)cc2)CC(C)O1. The van der Waals surface area contributed by atoms with Crippen LogP contribution in [0.1, 0.15) is 24.2 Å². The van der Waals surface area contributed by atoms with Crippen LogP contribution in [0.5, 0.6) is 0 Å². The number of rotatable bonds is 5. The summed E-state index contributed by atoms with van der Waals surface area (Å²) in [5.41, 5.74) is 1.19. The molecule has 0 bridgehead atoms. The second-order valence-corrected chi connectivity index (χ2v) is 10.8. The average Bonchev–Trinajstić information content (AvgIpc) is 3.39. The molecule has 7 nitrogen and oxygen atoms in total. The van der Waals surface area contributed by atoms with Crippen LogP contribution in [0.4, 0.5) is 5.13 Å². The molecule has 2 unspecified atom stereocenters. The van der Waals surface area contributed by atoms with Crippen LogP contribution in [0.25, 0.3) is 10.6 Å². The minimum Gasteiger partial charge on any atom is -0.373 e. The molecule has 2 atom stereocenters. The molecule has 1 aliphatic heterocycles. The Hall–Kier alpha value is -2.11. The number of ether oxygens (including phenoxy) is 1. The first-order valence-electron chi connectivity index (χ1n) is 9.39. The van der Waals surface area contributed by atoms with Crippen molar-refractivity contribution in [3.05, 3.63) is 52.7 Å². The van der Waals surface area contributed by atoms with Crippen LogP contribution >= 0.6 is 22.7 Å². The minimum atomic E-state index is -3.64. The van der Waals surface area contributed by atoms with Crippen molar-refractivity contribution in [3.63, 3.8) is 0 Å². The molecular formula is C20H21N3O4S3. The Balaban J connectivity index is 1.46. The van der Waals surface area contributed by atoms with Gasteiger partial charge in [-0.25, -0.2) is 13.4 Å². The van der Waals surface area contributed by atoms with Crippen LogP contribution in [-0.2, 0) is 14.8 Å². The number of sulfonamides is 1. The third-order valence-corrected chi connectivity index (χ3v) is 8.13. The van der Waals surface area contributed by atoms with Gasteiger partial charge in [-0.3, -0.25) is 10.1 Å². The fraction of sp³-hybridized carbons (Fsp3) is 0.300. The maximum Gasteiger partial charge on any atom is 0.257 e. The third-order valence-electron chi connectivity index (χ3n) is 4.64. The molecule has 1 amide bonds. The number of thiophene rings is 1. The fourth-order valence-electron chi connectivity index (χ4n) is 3.29. The summed E-state index contributed by atoms with van der Waals surface area (Å²) >= 11 is 2.93. The van der Waals surface area contributed by atoms with Gasteiger partial charge in [0.2, 0.25) is 10.0 Å². The maximum absolute atomic E-state index is 12.9. The standard InChI is InChI=1S/C20H21N3O4S3/c1-13-10-23(11-14(2)27-13)30(25,26)16-7-5-15(6-8-16)19(24)22-20-21-17(12-29-20)18-4-3-9-28-18/h3-9,12-14H,10-11H2,1-2H3,(H,21,22,24). The second kappa shape index (κ2) is 8.56. The van der Waals surface area contributed by atoms with Crippen molar-refractivity contribution in [1.29, 1.82) is 0 Å². The van der Waals surface area contributed by atoms with Crippen molar-refractivity contribution in [2.24, 2.45) is 0 Å². The van der Waals surface area contributed by atoms with Crippen LogP contribution in [0.2, 0.25) is 0 Å². The Labute approximate surface area is 183 Å². The molecule has 0 saturated carbocycles. The highest BCUT2D eigenvalue weighted by Crippen LogP contribution is 2.28. The number of benzene rings is 1. The normalized spacial score (nSPS) is 20.2. The molecule has 1 saturated heterocycles. The Morgan fingerprint density at radius 3 is 2.47 bits per heavy atom. The molecule has 1 fully saturated rings. The third kappa shape index (κ3) is 4.47. The summed E-state index contributed by atoms with van der Waals surface area (Å²) in [5, 5.41) is 7.13. The molecule has 0 spiro atoms. The van der Waals surface area contributed by atoms with Crippen molar-refractivity contribution in [3.8, 4) is 10.6 Å². The number of thiazole rings is 1. The van der Waals surface area contributed by atoms with E-state index in [0.717, 1.165) is 10.6 Å². The van der Waals surface area contributed by atoms with Crippen molar-refractivity contribution in [1.82, 2.24) is 9.29 Å². The zero-order valence-corrected chi connectivity index (χ0v) is 18.9. The highest BCUT2D eigenvalue weighted by atomic mass is 32.2. The van der Waals surface area contributed by atoms with Gasteiger partial charge >= 0.3 is 0 Å². The first-order valence-corrected chi connectivity index (χ1v) is 12.6. The summed E-state index contributed by atoms with van der Waals surface area (Å²) in [5.74, 6) is -0.334.